The van der Waals surface area contributed by atoms with Crippen LogP contribution < -0.4 is 5.32 Å². The molecule has 25 heavy (non-hydrogen) atoms. The standard InChI is InChI=1S/C18H25N5OS/c1-19-17(24)15-9-7-14(8-10-15)12-21(2)13-23-18(25)22-11-5-3-4-6-16(22)20-23/h7-10H,3-6,11-13H2,1-2H3,(H,19,24). The number of nitrogens with zero attached hydrogens (tertiary/aromatic N) is 4. The quantitative estimate of drug-likeness (QED) is 0.834. The minimum absolute atomic E-state index is 0.0641. The van der Waals surface area contributed by atoms with Gasteiger partial charge in [-0.25, -0.2) is 4.68 Å². The zero-order valence-electron chi connectivity index (χ0n) is 14.9. The summed E-state index contributed by atoms with van der Waals surface area (Å²) in [7, 11) is 3.69. The number of aromatic nitrogens is 3. The number of rotatable bonds is 5. The normalized spacial score (nSPS) is 14.2. The van der Waals surface area contributed by atoms with Crippen molar-refractivity contribution in [2.75, 3.05) is 14.1 Å². The second kappa shape index (κ2) is 7.93. The topological polar surface area (TPSA) is 55.1 Å². The van der Waals surface area contributed by atoms with Gasteiger partial charge in [0, 0.05) is 32.1 Å². The van der Waals surface area contributed by atoms with Crippen LogP contribution in [0.2, 0.25) is 0 Å². The van der Waals surface area contributed by atoms with Crippen molar-refractivity contribution >= 4 is 18.1 Å². The molecular formula is C18H25N5OS. The minimum atomic E-state index is -0.0641. The number of hydrogen-bond donors (Lipinski definition) is 1. The van der Waals surface area contributed by atoms with Crippen LogP contribution in [0.5, 0.6) is 0 Å². The maximum atomic E-state index is 11.6. The fraction of sp³-hybridized carbons (Fsp3) is 0.500. The third-order valence-corrected chi connectivity index (χ3v) is 4.98. The number of fused-ring (bicyclic) bond motifs is 1. The third kappa shape index (κ3) is 4.16. The van der Waals surface area contributed by atoms with Gasteiger partial charge in [0.25, 0.3) is 5.91 Å². The highest BCUT2D eigenvalue weighted by atomic mass is 32.1. The Hall–Kier alpha value is -1.99. The monoisotopic (exact) mass is 359 g/mol. The van der Waals surface area contributed by atoms with Crippen molar-refractivity contribution in [3.05, 3.63) is 46.0 Å². The summed E-state index contributed by atoms with van der Waals surface area (Å²) in [5.74, 6) is 1.05. The highest BCUT2D eigenvalue weighted by Crippen LogP contribution is 2.15. The Morgan fingerprint density at radius 1 is 1.28 bits per heavy atom. The van der Waals surface area contributed by atoms with E-state index in [4.69, 9.17) is 17.3 Å². The zero-order valence-corrected chi connectivity index (χ0v) is 15.7. The lowest BCUT2D eigenvalue weighted by Gasteiger charge is -2.16. The molecular weight excluding hydrogens is 334 g/mol. The summed E-state index contributed by atoms with van der Waals surface area (Å²) < 4.78 is 4.93. The molecule has 0 aliphatic carbocycles. The van der Waals surface area contributed by atoms with Gasteiger partial charge in [0.1, 0.15) is 5.82 Å². The molecule has 0 atom stereocenters. The second-order valence-electron chi connectivity index (χ2n) is 6.59. The van der Waals surface area contributed by atoms with E-state index in [-0.39, 0.29) is 5.91 Å². The Bertz CT molecular complexity index is 793. The van der Waals surface area contributed by atoms with E-state index in [1.807, 2.05) is 28.9 Å². The summed E-state index contributed by atoms with van der Waals surface area (Å²) in [6, 6.07) is 7.68. The molecule has 3 rings (SSSR count). The molecule has 2 heterocycles. The van der Waals surface area contributed by atoms with Gasteiger partial charge in [0.05, 0.1) is 6.67 Å². The lowest BCUT2D eigenvalue weighted by molar-refractivity contribution is 0.0963. The Kier molecular flexibility index (Phi) is 5.65. The molecule has 1 aromatic heterocycles. The molecule has 134 valence electrons. The number of carbonyl (C=O) groups excluding carboxylic acids is 1. The largest absolute Gasteiger partial charge is 0.355 e. The van der Waals surface area contributed by atoms with Crippen molar-refractivity contribution in [1.82, 2.24) is 24.6 Å². The fourth-order valence-electron chi connectivity index (χ4n) is 3.21. The van der Waals surface area contributed by atoms with E-state index < -0.39 is 0 Å². The van der Waals surface area contributed by atoms with Crippen LogP contribution in [0.1, 0.15) is 41.0 Å². The first kappa shape index (κ1) is 17.8. The van der Waals surface area contributed by atoms with Gasteiger partial charge < -0.3 is 9.88 Å². The van der Waals surface area contributed by atoms with E-state index >= 15 is 0 Å². The van der Waals surface area contributed by atoms with Crippen LogP contribution in [0.3, 0.4) is 0 Å². The van der Waals surface area contributed by atoms with Crippen molar-refractivity contribution in [2.24, 2.45) is 0 Å². The summed E-state index contributed by atoms with van der Waals surface area (Å²) in [5.41, 5.74) is 1.83. The van der Waals surface area contributed by atoms with Crippen molar-refractivity contribution < 1.29 is 4.79 Å². The van der Waals surface area contributed by atoms with E-state index in [1.165, 1.54) is 19.3 Å². The van der Waals surface area contributed by atoms with Gasteiger partial charge >= 0.3 is 0 Å². The molecule has 2 aromatic rings. The molecule has 1 aliphatic heterocycles. The van der Waals surface area contributed by atoms with Crippen LogP contribution in [0.15, 0.2) is 24.3 Å². The number of aryl methyl sites for hydroxylation is 1. The molecule has 1 amide bonds. The molecule has 0 radical (unpaired) electrons. The first-order valence-corrected chi connectivity index (χ1v) is 9.15. The van der Waals surface area contributed by atoms with Gasteiger partial charge in [0.2, 0.25) is 0 Å². The maximum absolute atomic E-state index is 11.6. The lowest BCUT2D eigenvalue weighted by atomic mass is 10.1. The molecule has 0 saturated carbocycles. The van der Waals surface area contributed by atoms with Crippen molar-refractivity contribution in [1.29, 1.82) is 0 Å². The van der Waals surface area contributed by atoms with Crippen LogP contribution in [-0.2, 0) is 26.2 Å². The molecule has 1 aliphatic rings. The molecule has 6 nitrogen and oxygen atoms in total. The van der Waals surface area contributed by atoms with Gasteiger partial charge in [-0.1, -0.05) is 18.6 Å². The predicted molar refractivity (Wildman–Crippen MR) is 99.9 cm³/mol. The van der Waals surface area contributed by atoms with Crippen molar-refractivity contribution in [3.8, 4) is 0 Å². The van der Waals surface area contributed by atoms with E-state index in [9.17, 15) is 4.79 Å². The molecule has 0 saturated heterocycles. The van der Waals surface area contributed by atoms with Gasteiger partial charge in [-0.3, -0.25) is 9.69 Å². The molecule has 1 aromatic carbocycles. The lowest BCUT2D eigenvalue weighted by Crippen LogP contribution is -2.23. The highest BCUT2D eigenvalue weighted by Gasteiger charge is 2.14. The number of carbonyl (C=O) groups is 1. The Labute approximate surface area is 153 Å². The Balaban J connectivity index is 1.66. The van der Waals surface area contributed by atoms with E-state index in [2.05, 4.69) is 21.8 Å². The first-order chi connectivity index (χ1) is 12.1. The molecule has 0 spiro atoms. The zero-order chi connectivity index (χ0) is 17.8. The SMILES string of the molecule is CNC(=O)c1ccc(CN(C)Cn2nc3n(c2=S)CCCCC3)cc1. The smallest absolute Gasteiger partial charge is 0.251 e. The van der Waals surface area contributed by atoms with Gasteiger partial charge in [-0.2, -0.15) is 5.10 Å². The molecule has 0 unspecified atom stereocenters. The second-order valence-corrected chi connectivity index (χ2v) is 6.96. The van der Waals surface area contributed by atoms with Crippen LogP contribution in [-0.4, -0.2) is 39.3 Å². The average Bonchev–Trinajstić information content (AvgIpc) is 2.78. The maximum Gasteiger partial charge on any atom is 0.251 e. The van der Waals surface area contributed by atoms with E-state index in [0.717, 1.165) is 35.7 Å². The predicted octanol–water partition coefficient (Wildman–Crippen LogP) is 2.59. The Morgan fingerprint density at radius 3 is 2.76 bits per heavy atom. The van der Waals surface area contributed by atoms with Crippen molar-refractivity contribution in [3.63, 3.8) is 0 Å². The van der Waals surface area contributed by atoms with Gasteiger partial charge in [0.15, 0.2) is 4.77 Å². The van der Waals surface area contributed by atoms with Crippen LogP contribution in [0.25, 0.3) is 0 Å². The van der Waals surface area contributed by atoms with Crippen LogP contribution in [0.4, 0.5) is 0 Å². The molecule has 0 bridgehead atoms. The number of benzene rings is 1. The molecule has 7 heteroatoms. The van der Waals surface area contributed by atoms with Crippen LogP contribution in [0, 0.1) is 4.77 Å². The number of nitrogens with one attached hydrogen (secondary N) is 1. The summed E-state index contributed by atoms with van der Waals surface area (Å²) in [6.45, 7) is 2.42. The highest BCUT2D eigenvalue weighted by molar-refractivity contribution is 7.71. The molecule has 0 fully saturated rings. The fourth-order valence-corrected chi connectivity index (χ4v) is 3.51. The number of amides is 1. The van der Waals surface area contributed by atoms with E-state index in [1.54, 1.807) is 7.05 Å². The summed E-state index contributed by atoms with van der Waals surface area (Å²) in [5, 5.41) is 7.35. The molecule has 1 N–H and O–H groups in total. The average molecular weight is 359 g/mol. The first-order valence-electron chi connectivity index (χ1n) is 8.74. The van der Waals surface area contributed by atoms with Gasteiger partial charge in [-0.05, 0) is 49.8 Å². The van der Waals surface area contributed by atoms with E-state index in [0.29, 0.717) is 12.2 Å². The van der Waals surface area contributed by atoms with Crippen LogP contribution >= 0.6 is 12.2 Å². The summed E-state index contributed by atoms with van der Waals surface area (Å²) >= 11 is 5.61. The summed E-state index contributed by atoms with van der Waals surface area (Å²) in [4.78, 5) is 13.8. The minimum Gasteiger partial charge on any atom is -0.355 e. The number of hydrogen-bond acceptors (Lipinski definition) is 4. The van der Waals surface area contributed by atoms with Crippen molar-refractivity contribution in [2.45, 2.75) is 45.4 Å². The Morgan fingerprint density at radius 2 is 2.04 bits per heavy atom. The van der Waals surface area contributed by atoms with Gasteiger partial charge in [-0.15, -0.1) is 0 Å². The summed E-state index contributed by atoms with van der Waals surface area (Å²) in [6.07, 6.45) is 4.64. The third-order valence-electron chi connectivity index (χ3n) is 4.55.